The second-order valence-electron chi connectivity index (χ2n) is 4.25. The van der Waals surface area contributed by atoms with E-state index in [1.54, 1.807) is 0 Å². The highest BCUT2D eigenvalue weighted by atomic mass is 16.5. The summed E-state index contributed by atoms with van der Waals surface area (Å²) in [6.07, 6.45) is 4.20. The molecule has 1 unspecified atom stereocenters. The summed E-state index contributed by atoms with van der Waals surface area (Å²) in [5.41, 5.74) is 8.33. The van der Waals surface area contributed by atoms with Crippen LogP contribution in [-0.2, 0) is 16.9 Å². The molecule has 0 bridgehead atoms. The van der Waals surface area contributed by atoms with Crippen LogP contribution in [0.5, 0.6) is 0 Å². The highest BCUT2D eigenvalue weighted by Crippen LogP contribution is 2.34. The maximum absolute atomic E-state index is 6.33. The molecule has 0 aliphatic heterocycles. The molecule has 1 aromatic carbocycles. The van der Waals surface area contributed by atoms with Crippen molar-refractivity contribution in [2.45, 2.75) is 38.3 Å². The van der Waals surface area contributed by atoms with E-state index >= 15 is 0 Å². The SMILES string of the molecule is CCCOC1(N)CCCc2ccccc21. The molecular formula is C13H19NO. The van der Waals surface area contributed by atoms with Crippen LogP contribution in [0.1, 0.15) is 37.3 Å². The Hall–Kier alpha value is -0.860. The first-order chi connectivity index (χ1) is 7.26. The second kappa shape index (κ2) is 4.33. The zero-order valence-corrected chi connectivity index (χ0v) is 9.33. The Bertz CT molecular complexity index is 337. The smallest absolute Gasteiger partial charge is 0.143 e. The summed E-state index contributed by atoms with van der Waals surface area (Å²) < 4.78 is 5.82. The largest absolute Gasteiger partial charge is 0.357 e. The molecule has 2 N–H and O–H groups in total. The van der Waals surface area contributed by atoms with Crippen molar-refractivity contribution in [2.24, 2.45) is 5.73 Å². The standard InChI is InChI=1S/C13H19NO/c1-2-10-15-13(14)9-5-7-11-6-3-4-8-12(11)13/h3-4,6,8H,2,5,7,9-10,14H2,1H3. The van der Waals surface area contributed by atoms with Crippen LogP contribution in [0, 0.1) is 0 Å². The van der Waals surface area contributed by atoms with Gasteiger partial charge in [0.25, 0.3) is 0 Å². The van der Waals surface area contributed by atoms with E-state index in [0.717, 1.165) is 32.3 Å². The van der Waals surface area contributed by atoms with Crippen LogP contribution in [0.4, 0.5) is 0 Å². The van der Waals surface area contributed by atoms with Crippen molar-refractivity contribution in [1.82, 2.24) is 0 Å². The molecule has 1 aliphatic rings. The number of hydrogen-bond donors (Lipinski definition) is 1. The summed E-state index contributed by atoms with van der Waals surface area (Å²) in [5.74, 6) is 0. The number of nitrogens with two attached hydrogens (primary N) is 1. The molecule has 2 rings (SSSR count). The van der Waals surface area contributed by atoms with Gasteiger partial charge in [-0.3, -0.25) is 5.73 Å². The molecule has 0 heterocycles. The van der Waals surface area contributed by atoms with Crippen LogP contribution in [0.25, 0.3) is 0 Å². The zero-order valence-electron chi connectivity index (χ0n) is 9.33. The fourth-order valence-corrected chi connectivity index (χ4v) is 2.26. The topological polar surface area (TPSA) is 35.2 Å². The fraction of sp³-hybridized carbons (Fsp3) is 0.538. The third-order valence-electron chi connectivity index (χ3n) is 3.03. The number of aryl methyl sites for hydroxylation is 1. The van der Waals surface area contributed by atoms with E-state index in [9.17, 15) is 0 Å². The van der Waals surface area contributed by atoms with Gasteiger partial charge < -0.3 is 4.74 Å². The first kappa shape index (κ1) is 10.7. The minimum Gasteiger partial charge on any atom is -0.357 e. The monoisotopic (exact) mass is 205 g/mol. The lowest BCUT2D eigenvalue weighted by molar-refractivity contribution is -0.0582. The Labute approximate surface area is 91.4 Å². The van der Waals surface area contributed by atoms with Crippen LogP contribution in [0.3, 0.4) is 0 Å². The zero-order chi connectivity index (χ0) is 10.7. The van der Waals surface area contributed by atoms with Gasteiger partial charge in [0.15, 0.2) is 0 Å². The van der Waals surface area contributed by atoms with Crippen molar-refractivity contribution in [1.29, 1.82) is 0 Å². The van der Waals surface area contributed by atoms with Gasteiger partial charge >= 0.3 is 0 Å². The van der Waals surface area contributed by atoms with Gasteiger partial charge in [-0.05, 0) is 31.2 Å². The second-order valence-corrected chi connectivity index (χ2v) is 4.25. The summed E-state index contributed by atoms with van der Waals surface area (Å²) in [6, 6.07) is 8.38. The molecule has 0 saturated heterocycles. The molecule has 2 nitrogen and oxygen atoms in total. The summed E-state index contributed by atoms with van der Waals surface area (Å²) >= 11 is 0. The van der Waals surface area contributed by atoms with Crippen molar-refractivity contribution in [2.75, 3.05) is 6.61 Å². The lowest BCUT2D eigenvalue weighted by atomic mass is 9.85. The Morgan fingerprint density at radius 2 is 2.20 bits per heavy atom. The first-order valence-corrected chi connectivity index (χ1v) is 5.77. The number of hydrogen-bond acceptors (Lipinski definition) is 2. The van der Waals surface area contributed by atoms with E-state index in [2.05, 4.69) is 25.1 Å². The van der Waals surface area contributed by atoms with Gasteiger partial charge in [-0.25, -0.2) is 0 Å². The van der Waals surface area contributed by atoms with Gasteiger partial charge in [-0.1, -0.05) is 31.2 Å². The molecule has 0 aromatic heterocycles. The number of fused-ring (bicyclic) bond motifs is 1. The van der Waals surface area contributed by atoms with E-state index in [1.807, 2.05) is 6.07 Å². The van der Waals surface area contributed by atoms with Crippen LogP contribution < -0.4 is 5.73 Å². The van der Waals surface area contributed by atoms with Gasteiger partial charge in [0.05, 0.1) is 0 Å². The highest BCUT2D eigenvalue weighted by Gasteiger charge is 2.32. The molecule has 0 radical (unpaired) electrons. The average molecular weight is 205 g/mol. The molecular weight excluding hydrogens is 186 g/mol. The van der Waals surface area contributed by atoms with Crippen LogP contribution in [0.2, 0.25) is 0 Å². The molecule has 0 amide bonds. The van der Waals surface area contributed by atoms with Crippen molar-refractivity contribution in [3.05, 3.63) is 35.4 Å². The van der Waals surface area contributed by atoms with E-state index < -0.39 is 5.72 Å². The van der Waals surface area contributed by atoms with Crippen LogP contribution >= 0.6 is 0 Å². The van der Waals surface area contributed by atoms with Crippen molar-refractivity contribution in [3.63, 3.8) is 0 Å². The quantitative estimate of drug-likeness (QED) is 0.770. The molecule has 2 heteroatoms. The molecule has 1 atom stereocenters. The highest BCUT2D eigenvalue weighted by molar-refractivity contribution is 5.34. The lowest BCUT2D eigenvalue weighted by Crippen LogP contribution is -2.42. The number of benzene rings is 1. The third-order valence-corrected chi connectivity index (χ3v) is 3.03. The average Bonchev–Trinajstić information content (AvgIpc) is 2.27. The van der Waals surface area contributed by atoms with E-state index in [-0.39, 0.29) is 0 Å². The lowest BCUT2D eigenvalue weighted by Gasteiger charge is -2.35. The summed E-state index contributed by atoms with van der Waals surface area (Å²) in [5, 5.41) is 0. The fourth-order valence-electron chi connectivity index (χ4n) is 2.26. The number of rotatable bonds is 3. The van der Waals surface area contributed by atoms with Crippen LogP contribution in [0.15, 0.2) is 24.3 Å². The van der Waals surface area contributed by atoms with Gasteiger partial charge in [-0.15, -0.1) is 0 Å². The Morgan fingerprint density at radius 3 is 3.00 bits per heavy atom. The molecule has 0 fully saturated rings. The maximum atomic E-state index is 6.33. The number of ether oxygens (including phenoxy) is 1. The van der Waals surface area contributed by atoms with Crippen molar-refractivity contribution >= 4 is 0 Å². The molecule has 1 aromatic rings. The summed E-state index contributed by atoms with van der Waals surface area (Å²) in [6.45, 7) is 2.85. The summed E-state index contributed by atoms with van der Waals surface area (Å²) in [7, 11) is 0. The van der Waals surface area contributed by atoms with Gasteiger partial charge in [-0.2, -0.15) is 0 Å². The normalized spacial score (nSPS) is 24.9. The Morgan fingerprint density at radius 1 is 1.40 bits per heavy atom. The maximum Gasteiger partial charge on any atom is 0.143 e. The Kier molecular flexibility index (Phi) is 3.08. The molecule has 0 saturated carbocycles. The minimum absolute atomic E-state index is 0.537. The molecule has 15 heavy (non-hydrogen) atoms. The van der Waals surface area contributed by atoms with E-state index in [0.29, 0.717) is 0 Å². The summed E-state index contributed by atoms with van der Waals surface area (Å²) in [4.78, 5) is 0. The first-order valence-electron chi connectivity index (χ1n) is 5.77. The van der Waals surface area contributed by atoms with E-state index in [4.69, 9.17) is 10.5 Å². The van der Waals surface area contributed by atoms with Crippen molar-refractivity contribution < 1.29 is 4.74 Å². The third kappa shape index (κ3) is 2.06. The predicted molar refractivity (Wildman–Crippen MR) is 61.5 cm³/mol. The van der Waals surface area contributed by atoms with Crippen molar-refractivity contribution in [3.8, 4) is 0 Å². The van der Waals surface area contributed by atoms with Gasteiger partial charge in [0, 0.05) is 12.2 Å². The van der Waals surface area contributed by atoms with Crippen LogP contribution in [-0.4, -0.2) is 6.61 Å². The Balaban J connectivity index is 2.27. The van der Waals surface area contributed by atoms with Gasteiger partial charge in [0.1, 0.15) is 5.72 Å². The minimum atomic E-state index is -0.537. The van der Waals surface area contributed by atoms with E-state index in [1.165, 1.54) is 11.1 Å². The molecule has 82 valence electrons. The van der Waals surface area contributed by atoms with Gasteiger partial charge in [0.2, 0.25) is 0 Å². The molecule has 1 aliphatic carbocycles. The predicted octanol–water partition coefficient (Wildman–Crippen LogP) is 2.56. The molecule has 0 spiro atoms.